The molecule has 1 amide bonds. The first-order valence-electron chi connectivity index (χ1n) is 6.53. The Morgan fingerprint density at radius 1 is 1.33 bits per heavy atom. The number of amides is 1. The number of likely N-dealkylation sites (N-methyl/N-ethyl adjacent to an activating group) is 1. The number of hydrogen-bond acceptors (Lipinski definition) is 4. The summed E-state index contributed by atoms with van der Waals surface area (Å²) in [5.74, 6) is 1.40. The fourth-order valence-corrected chi connectivity index (χ4v) is 3.20. The third-order valence-corrected chi connectivity index (χ3v) is 4.39. The van der Waals surface area contributed by atoms with Crippen LogP contribution >= 0.6 is 22.9 Å². The van der Waals surface area contributed by atoms with Crippen LogP contribution in [-0.2, 0) is 0 Å². The Kier molecular flexibility index (Phi) is 4.03. The quantitative estimate of drug-likeness (QED) is 0.870. The molecule has 110 valence electrons. The molecule has 6 heteroatoms. The fraction of sp³-hybridized carbons (Fsp3) is 0.267. The first-order valence-corrected chi connectivity index (χ1v) is 7.72. The highest BCUT2D eigenvalue weighted by Gasteiger charge is 2.24. The lowest BCUT2D eigenvalue weighted by Gasteiger charge is -2.29. The molecule has 0 aliphatic carbocycles. The van der Waals surface area contributed by atoms with E-state index in [-0.39, 0.29) is 12.0 Å². The van der Waals surface area contributed by atoms with Crippen molar-refractivity contribution in [2.75, 3.05) is 20.2 Å². The molecule has 0 spiro atoms. The van der Waals surface area contributed by atoms with Crippen LogP contribution in [0.1, 0.15) is 9.67 Å². The van der Waals surface area contributed by atoms with E-state index in [1.54, 1.807) is 24.1 Å². The second kappa shape index (κ2) is 5.95. The van der Waals surface area contributed by atoms with E-state index in [0.29, 0.717) is 28.1 Å². The summed E-state index contributed by atoms with van der Waals surface area (Å²) in [4.78, 5) is 14.5. The Hall–Kier alpha value is -1.72. The topological polar surface area (TPSA) is 38.8 Å². The number of fused-ring (bicyclic) bond motifs is 1. The van der Waals surface area contributed by atoms with Gasteiger partial charge in [0.2, 0.25) is 0 Å². The Bertz CT molecular complexity index is 658. The highest BCUT2D eigenvalue weighted by atomic mass is 35.5. The summed E-state index contributed by atoms with van der Waals surface area (Å²) < 4.78 is 12.1. The van der Waals surface area contributed by atoms with Gasteiger partial charge in [-0.3, -0.25) is 4.79 Å². The Labute approximate surface area is 131 Å². The second-order valence-electron chi connectivity index (χ2n) is 4.79. The van der Waals surface area contributed by atoms with Crippen LogP contribution in [0.4, 0.5) is 0 Å². The van der Waals surface area contributed by atoms with Crippen molar-refractivity contribution in [3.63, 3.8) is 0 Å². The van der Waals surface area contributed by atoms with Gasteiger partial charge < -0.3 is 14.4 Å². The summed E-state index contributed by atoms with van der Waals surface area (Å²) in [6, 6.07) is 11.0. The summed E-state index contributed by atoms with van der Waals surface area (Å²) in [5.41, 5.74) is 0. The van der Waals surface area contributed by atoms with Gasteiger partial charge in [-0.15, -0.1) is 11.3 Å². The van der Waals surface area contributed by atoms with Crippen molar-refractivity contribution < 1.29 is 14.3 Å². The van der Waals surface area contributed by atoms with Gasteiger partial charge in [-0.1, -0.05) is 23.7 Å². The Morgan fingerprint density at radius 3 is 2.81 bits per heavy atom. The van der Waals surface area contributed by atoms with Gasteiger partial charge in [0.15, 0.2) is 17.6 Å². The second-order valence-corrected chi connectivity index (χ2v) is 6.50. The smallest absolute Gasteiger partial charge is 0.263 e. The summed E-state index contributed by atoms with van der Waals surface area (Å²) in [7, 11) is 1.75. The van der Waals surface area contributed by atoms with Crippen molar-refractivity contribution in [3.05, 3.63) is 45.6 Å². The molecular weight excluding hydrogens is 310 g/mol. The van der Waals surface area contributed by atoms with Crippen molar-refractivity contribution in [1.29, 1.82) is 0 Å². The molecular formula is C15H14ClNO3S. The number of para-hydroxylation sites is 2. The number of carbonyl (C=O) groups excluding carboxylic acids is 1. The van der Waals surface area contributed by atoms with E-state index in [1.165, 1.54) is 11.3 Å². The van der Waals surface area contributed by atoms with Gasteiger partial charge in [-0.2, -0.15) is 0 Å². The summed E-state index contributed by atoms with van der Waals surface area (Å²) in [6.07, 6.45) is -0.177. The molecule has 0 N–H and O–H groups in total. The van der Waals surface area contributed by atoms with Crippen LogP contribution in [0, 0.1) is 0 Å². The molecule has 1 aliphatic rings. The predicted octanol–water partition coefficient (Wildman–Crippen LogP) is 3.31. The maximum absolute atomic E-state index is 12.3. The monoisotopic (exact) mass is 323 g/mol. The molecule has 1 aliphatic heterocycles. The number of halogens is 1. The zero-order chi connectivity index (χ0) is 14.8. The molecule has 0 fully saturated rings. The third-order valence-electron chi connectivity index (χ3n) is 3.18. The van der Waals surface area contributed by atoms with Crippen LogP contribution in [0.5, 0.6) is 11.5 Å². The lowest BCUT2D eigenvalue weighted by atomic mass is 10.2. The Balaban J connectivity index is 1.63. The molecule has 0 radical (unpaired) electrons. The van der Waals surface area contributed by atoms with E-state index in [9.17, 15) is 4.79 Å². The molecule has 21 heavy (non-hydrogen) atoms. The number of carbonyl (C=O) groups is 1. The minimum Gasteiger partial charge on any atom is -0.486 e. The highest BCUT2D eigenvalue weighted by Crippen LogP contribution is 2.31. The molecule has 1 unspecified atom stereocenters. The SMILES string of the molecule is CN(CC1COc2ccccc2O1)C(=O)c1ccc(Cl)s1. The van der Waals surface area contributed by atoms with Crippen LogP contribution in [0.25, 0.3) is 0 Å². The first-order chi connectivity index (χ1) is 10.1. The van der Waals surface area contributed by atoms with Crippen molar-refractivity contribution >= 4 is 28.8 Å². The first kappa shape index (κ1) is 14.2. The van der Waals surface area contributed by atoms with Crippen LogP contribution in [0.15, 0.2) is 36.4 Å². The number of benzene rings is 1. The van der Waals surface area contributed by atoms with Gasteiger partial charge in [-0.05, 0) is 24.3 Å². The van der Waals surface area contributed by atoms with Crippen LogP contribution < -0.4 is 9.47 Å². The number of ether oxygens (including phenoxy) is 2. The number of nitrogens with zero attached hydrogens (tertiary/aromatic N) is 1. The van der Waals surface area contributed by atoms with Crippen molar-refractivity contribution in [2.24, 2.45) is 0 Å². The minimum atomic E-state index is -0.177. The third kappa shape index (κ3) is 3.14. The maximum atomic E-state index is 12.3. The van der Waals surface area contributed by atoms with Crippen LogP contribution in [-0.4, -0.2) is 37.1 Å². The number of hydrogen-bond donors (Lipinski definition) is 0. The van der Waals surface area contributed by atoms with Crippen LogP contribution in [0.2, 0.25) is 4.34 Å². The molecule has 3 rings (SSSR count). The molecule has 0 saturated carbocycles. The summed E-state index contributed by atoms with van der Waals surface area (Å²) >= 11 is 7.14. The average Bonchev–Trinajstić information content (AvgIpc) is 2.93. The van der Waals surface area contributed by atoms with E-state index in [0.717, 1.165) is 5.75 Å². The van der Waals surface area contributed by atoms with Gasteiger partial charge in [-0.25, -0.2) is 0 Å². The van der Waals surface area contributed by atoms with Crippen LogP contribution in [0.3, 0.4) is 0 Å². The van der Waals surface area contributed by atoms with E-state index in [1.807, 2.05) is 24.3 Å². The lowest BCUT2D eigenvalue weighted by Crippen LogP contribution is -2.41. The van der Waals surface area contributed by atoms with E-state index >= 15 is 0 Å². The molecule has 4 nitrogen and oxygen atoms in total. The summed E-state index contributed by atoms with van der Waals surface area (Å²) in [6.45, 7) is 0.891. The zero-order valence-corrected chi connectivity index (χ0v) is 13.0. The molecule has 0 bridgehead atoms. The number of rotatable bonds is 3. The Morgan fingerprint density at radius 2 is 2.10 bits per heavy atom. The van der Waals surface area contributed by atoms with Gasteiger partial charge in [0, 0.05) is 7.05 Å². The van der Waals surface area contributed by atoms with E-state index in [2.05, 4.69) is 0 Å². The van der Waals surface area contributed by atoms with Crippen molar-refractivity contribution in [1.82, 2.24) is 4.90 Å². The van der Waals surface area contributed by atoms with Gasteiger partial charge in [0.05, 0.1) is 15.8 Å². The molecule has 0 saturated heterocycles. The molecule has 1 aromatic carbocycles. The highest BCUT2D eigenvalue weighted by molar-refractivity contribution is 7.17. The number of thiophene rings is 1. The predicted molar refractivity (Wildman–Crippen MR) is 82.6 cm³/mol. The molecule has 1 atom stereocenters. The van der Waals surface area contributed by atoms with Crippen molar-refractivity contribution in [3.8, 4) is 11.5 Å². The van der Waals surface area contributed by atoms with E-state index < -0.39 is 0 Å². The lowest BCUT2D eigenvalue weighted by molar-refractivity contribution is 0.0524. The van der Waals surface area contributed by atoms with Gasteiger partial charge >= 0.3 is 0 Å². The fourth-order valence-electron chi connectivity index (χ4n) is 2.16. The maximum Gasteiger partial charge on any atom is 0.263 e. The molecule has 2 aromatic rings. The van der Waals surface area contributed by atoms with Gasteiger partial charge in [0.1, 0.15) is 6.61 Å². The van der Waals surface area contributed by atoms with E-state index in [4.69, 9.17) is 21.1 Å². The standard InChI is InChI=1S/C15H14ClNO3S/c1-17(15(18)13-6-7-14(16)21-13)8-10-9-19-11-4-2-3-5-12(11)20-10/h2-7,10H,8-9H2,1H3. The zero-order valence-electron chi connectivity index (χ0n) is 11.4. The molecule has 1 aromatic heterocycles. The van der Waals surface area contributed by atoms with Gasteiger partial charge in [0.25, 0.3) is 5.91 Å². The normalized spacial score (nSPS) is 16.6. The summed E-state index contributed by atoms with van der Waals surface area (Å²) in [5, 5.41) is 0. The average molecular weight is 324 g/mol. The minimum absolute atomic E-state index is 0.0608. The van der Waals surface area contributed by atoms with Crippen molar-refractivity contribution in [2.45, 2.75) is 6.10 Å². The molecule has 2 heterocycles. The largest absolute Gasteiger partial charge is 0.486 e.